The van der Waals surface area contributed by atoms with Gasteiger partial charge in [0.1, 0.15) is 11.5 Å². The van der Waals surface area contributed by atoms with Crippen molar-refractivity contribution in [1.29, 1.82) is 0 Å². The molecule has 1 aliphatic rings. The van der Waals surface area contributed by atoms with Crippen molar-refractivity contribution in [2.75, 3.05) is 28.4 Å². The molecule has 0 aromatic heterocycles. The highest BCUT2D eigenvalue weighted by molar-refractivity contribution is 6.15. The largest absolute Gasteiger partial charge is 0.497 e. The van der Waals surface area contributed by atoms with Gasteiger partial charge in [0.05, 0.1) is 34.0 Å². The van der Waals surface area contributed by atoms with Crippen molar-refractivity contribution in [2.45, 2.75) is 6.92 Å². The molecule has 0 amide bonds. The lowest BCUT2D eigenvalue weighted by atomic mass is 10.0. The molecule has 26 heavy (non-hydrogen) atoms. The number of fused-ring (bicyclic) bond motifs is 1. The van der Waals surface area contributed by atoms with E-state index in [0.717, 1.165) is 5.56 Å². The monoisotopic (exact) mass is 356 g/mol. The fourth-order valence-electron chi connectivity index (χ4n) is 2.97. The van der Waals surface area contributed by atoms with Crippen molar-refractivity contribution in [3.05, 3.63) is 46.7 Å². The molecule has 0 fully saturated rings. The maximum absolute atomic E-state index is 12.8. The number of methoxy groups -OCH3 is 4. The van der Waals surface area contributed by atoms with Crippen molar-refractivity contribution in [3.63, 3.8) is 0 Å². The van der Waals surface area contributed by atoms with Gasteiger partial charge in [0.2, 0.25) is 11.5 Å². The number of allylic oxidation sites excluding steroid dienone is 1. The number of hydrogen-bond acceptors (Lipinski definition) is 6. The first-order valence-electron chi connectivity index (χ1n) is 7.95. The van der Waals surface area contributed by atoms with E-state index >= 15 is 0 Å². The van der Waals surface area contributed by atoms with Crippen LogP contribution in [0, 0.1) is 6.92 Å². The molecule has 0 atom stereocenters. The number of rotatable bonds is 5. The highest BCUT2D eigenvalue weighted by atomic mass is 16.5. The van der Waals surface area contributed by atoms with Gasteiger partial charge in [-0.15, -0.1) is 0 Å². The molecule has 1 heterocycles. The second-order valence-electron chi connectivity index (χ2n) is 5.68. The highest BCUT2D eigenvalue weighted by Crippen LogP contribution is 2.42. The standard InChI is InChI=1S/C20H20O6/c1-11-8-13(22-2)10-15-17(11)18(21)16(26-15)9-12-6-7-14(23-3)20(25-5)19(12)24-4/h6-10H,1-5H3/b16-9-. The molecule has 0 saturated heterocycles. The normalized spacial score (nSPS) is 14.0. The first kappa shape index (κ1) is 17.7. The van der Waals surface area contributed by atoms with Gasteiger partial charge in [0, 0.05) is 11.6 Å². The lowest BCUT2D eigenvalue weighted by Gasteiger charge is -2.14. The van der Waals surface area contributed by atoms with Gasteiger partial charge in [0.25, 0.3) is 0 Å². The Morgan fingerprint density at radius 2 is 1.65 bits per heavy atom. The maximum Gasteiger partial charge on any atom is 0.232 e. The van der Waals surface area contributed by atoms with Crippen LogP contribution >= 0.6 is 0 Å². The van der Waals surface area contributed by atoms with Gasteiger partial charge in [-0.2, -0.15) is 0 Å². The van der Waals surface area contributed by atoms with Crippen LogP contribution in [0.4, 0.5) is 0 Å². The summed E-state index contributed by atoms with van der Waals surface area (Å²) in [5.74, 6) is 2.59. The molecule has 6 nitrogen and oxygen atoms in total. The first-order chi connectivity index (χ1) is 12.5. The Bertz CT molecular complexity index is 898. The summed E-state index contributed by atoms with van der Waals surface area (Å²) < 4.78 is 27.1. The minimum Gasteiger partial charge on any atom is -0.497 e. The molecular formula is C20H20O6. The number of ether oxygens (including phenoxy) is 5. The summed E-state index contributed by atoms with van der Waals surface area (Å²) in [5.41, 5.74) is 1.98. The van der Waals surface area contributed by atoms with Crippen LogP contribution in [0.5, 0.6) is 28.7 Å². The minimum atomic E-state index is -0.183. The second-order valence-corrected chi connectivity index (χ2v) is 5.68. The Balaban J connectivity index is 2.07. The van der Waals surface area contributed by atoms with E-state index in [1.54, 1.807) is 44.6 Å². The molecule has 0 N–H and O–H groups in total. The zero-order valence-corrected chi connectivity index (χ0v) is 15.3. The predicted octanol–water partition coefficient (Wildman–Crippen LogP) is 3.65. The Morgan fingerprint density at radius 1 is 0.923 bits per heavy atom. The summed E-state index contributed by atoms with van der Waals surface area (Å²) in [6, 6.07) is 7.03. The van der Waals surface area contributed by atoms with Crippen LogP contribution in [0.25, 0.3) is 6.08 Å². The summed E-state index contributed by atoms with van der Waals surface area (Å²) in [6.07, 6.45) is 1.63. The summed E-state index contributed by atoms with van der Waals surface area (Å²) in [5, 5.41) is 0. The van der Waals surface area contributed by atoms with Gasteiger partial charge in [-0.1, -0.05) is 0 Å². The fourth-order valence-corrected chi connectivity index (χ4v) is 2.97. The third kappa shape index (κ3) is 2.83. The van der Waals surface area contributed by atoms with Crippen LogP contribution in [-0.2, 0) is 0 Å². The van der Waals surface area contributed by atoms with Gasteiger partial charge < -0.3 is 23.7 Å². The zero-order valence-electron chi connectivity index (χ0n) is 15.3. The van der Waals surface area contributed by atoms with E-state index in [-0.39, 0.29) is 11.5 Å². The molecule has 2 aromatic rings. The number of hydrogen-bond donors (Lipinski definition) is 0. The molecule has 0 aliphatic carbocycles. The van der Waals surface area contributed by atoms with Crippen molar-refractivity contribution >= 4 is 11.9 Å². The maximum atomic E-state index is 12.8. The quantitative estimate of drug-likeness (QED) is 0.762. The summed E-state index contributed by atoms with van der Waals surface area (Å²) in [4.78, 5) is 12.8. The SMILES string of the molecule is COc1cc(C)c2c(c1)O/C(=C\c1ccc(OC)c(OC)c1OC)C2=O. The minimum absolute atomic E-state index is 0.183. The van der Waals surface area contributed by atoms with Crippen LogP contribution in [0.2, 0.25) is 0 Å². The van der Waals surface area contributed by atoms with Crippen LogP contribution in [-0.4, -0.2) is 34.2 Å². The molecule has 0 unspecified atom stereocenters. The predicted molar refractivity (Wildman–Crippen MR) is 96.8 cm³/mol. The van der Waals surface area contributed by atoms with Gasteiger partial charge in [-0.25, -0.2) is 0 Å². The van der Waals surface area contributed by atoms with Crippen LogP contribution in [0.3, 0.4) is 0 Å². The smallest absolute Gasteiger partial charge is 0.232 e. The lowest BCUT2D eigenvalue weighted by Crippen LogP contribution is -2.01. The van der Waals surface area contributed by atoms with E-state index in [0.29, 0.717) is 39.9 Å². The molecule has 0 saturated carbocycles. The van der Waals surface area contributed by atoms with Gasteiger partial charge >= 0.3 is 0 Å². The average Bonchev–Trinajstić information content (AvgIpc) is 2.96. The molecule has 1 aliphatic heterocycles. The van der Waals surface area contributed by atoms with Crippen LogP contribution in [0.15, 0.2) is 30.0 Å². The molecule has 6 heteroatoms. The lowest BCUT2D eigenvalue weighted by molar-refractivity contribution is 0.101. The van der Waals surface area contributed by atoms with E-state index in [1.807, 2.05) is 6.92 Å². The fraction of sp³-hybridized carbons (Fsp3) is 0.250. The van der Waals surface area contributed by atoms with Crippen molar-refractivity contribution in [2.24, 2.45) is 0 Å². The summed E-state index contributed by atoms with van der Waals surface area (Å²) in [6.45, 7) is 1.85. The van der Waals surface area contributed by atoms with E-state index in [1.165, 1.54) is 14.2 Å². The van der Waals surface area contributed by atoms with Crippen molar-refractivity contribution in [3.8, 4) is 28.7 Å². The number of benzene rings is 2. The third-order valence-corrected chi connectivity index (χ3v) is 4.20. The Hall–Kier alpha value is -3.15. The van der Waals surface area contributed by atoms with E-state index in [2.05, 4.69) is 0 Å². The number of carbonyl (C=O) groups excluding carboxylic acids is 1. The number of Topliss-reactive ketones (excluding diaryl/α,β-unsaturated/α-hetero) is 1. The first-order valence-corrected chi connectivity index (χ1v) is 7.95. The van der Waals surface area contributed by atoms with Gasteiger partial charge in [0.15, 0.2) is 17.3 Å². The van der Waals surface area contributed by atoms with Crippen LogP contribution < -0.4 is 23.7 Å². The van der Waals surface area contributed by atoms with Crippen molar-refractivity contribution < 1.29 is 28.5 Å². The second kappa shape index (κ2) is 7.00. The van der Waals surface area contributed by atoms with Crippen LogP contribution in [0.1, 0.15) is 21.5 Å². The highest BCUT2D eigenvalue weighted by Gasteiger charge is 2.30. The molecule has 136 valence electrons. The molecule has 0 spiro atoms. The number of aryl methyl sites for hydroxylation is 1. The number of ketones is 1. The van der Waals surface area contributed by atoms with Crippen molar-refractivity contribution in [1.82, 2.24) is 0 Å². The Labute approximate surface area is 151 Å². The zero-order chi connectivity index (χ0) is 18.8. The Morgan fingerprint density at radius 3 is 2.27 bits per heavy atom. The molecule has 0 radical (unpaired) electrons. The van der Waals surface area contributed by atoms with E-state index in [9.17, 15) is 4.79 Å². The van der Waals surface area contributed by atoms with E-state index < -0.39 is 0 Å². The molecule has 2 aromatic carbocycles. The molecule has 3 rings (SSSR count). The van der Waals surface area contributed by atoms with Gasteiger partial charge in [-0.3, -0.25) is 4.79 Å². The topological polar surface area (TPSA) is 63.2 Å². The Kier molecular flexibility index (Phi) is 4.75. The summed E-state index contributed by atoms with van der Waals surface area (Å²) >= 11 is 0. The van der Waals surface area contributed by atoms with E-state index in [4.69, 9.17) is 23.7 Å². The van der Waals surface area contributed by atoms with Gasteiger partial charge in [-0.05, 0) is 36.8 Å². The third-order valence-electron chi connectivity index (χ3n) is 4.20. The number of carbonyl (C=O) groups is 1. The average molecular weight is 356 g/mol. The summed E-state index contributed by atoms with van der Waals surface area (Å²) in [7, 11) is 6.18. The molecular weight excluding hydrogens is 336 g/mol. The molecule has 0 bridgehead atoms.